The number of aryl methyl sites for hydroxylation is 1. The van der Waals surface area contributed by atoms with Crippen LogP contribution in [-0.2, 0) is 11.8 Å². The standard InChI is InChI=1S/C17H19N3O2S/c1-17(2)9-13(21)15(14(22)10-17)23-16-18-19(3)11-20(16)12-7-5-4-6-8-12/h4-8,11H,9-10H2,1-3H3/p+1. The molecule has 0 bridgehead atoms. The molecule has 1 aliphatic rings. The summed E-state index contributed by atoms with van der Waals surface area (Å²) >= 11 is 1.23. The Hall–Kier alpha value is -2.08. The molecule has 5 nitrogen and oxygen atoms in total. The Morgan fingerprint density at radius 1 is 1.26 bits per heavy atom. The quantitative estimate of drug-likeness (QED) is 0.879. The Labute approximate surface area is 139 Å². The Balaban J connectivity index is 1.97. The van der Waals surface area contributed by atoms with E-state index in [0.717, 1.165) is 5.69 Å². The minimum absolute atomic E-state index is 0.0194. The van der Waals surface area contributed by atoms with Crippen molar-refractivity contribution in [1.29, 1.82) is 0 Å². The van der Waals surface area contributed by atoms with Crippen molar-refractivity contribution in [2.75, 3.05) is 0 Å². The van der Waals surface area contributed by atoms with E-state index in [4.69, 9.17) is 0 Å². The summed E-state index contributed by atoms with van der Waals surface area (Å²) in [5.74, 6) is 0.149. The number of para-hydroxylation sites is 1. The van der Waals surface area contributed by atoms with Crippen molar-refractivity contribution in [3.8, 4) is 5.69 Å². The van der Waals surface area contributed by atoms with Crippen LogP contribution in [0.2, 0.25) is 0 Å². The van der Waals surface area contributed by atoms with Gasteiger partial charge in [0.1, 0.15) is 11.4 Å². The van der Waals surface area contributed by atoms with E-state index in [9.17, 15) is 9.90 Å². The van der Waals surface area contributed by atoms with Gasteiger partial charge in [0.2, 0.25) is 6.33 Å². The fraction of sp³-hybridized carbons (Fsp3) is 0.353. The maximum Gasteiger partial charge on any atom is 0.346 e. The Bertz CT molecular complexity index is 778. The molecule has 0 radical (unpaired) electrons. The number of benzene rings is 1. The predicted octanol–water partition coefficient (Wildman–Crippen LogP) is 2.95. The first-order chi connectivity index (χ1) is 10.9. The Kier molecular flexibility index (Phi) is 4.02. The summed E-state index contributed by atoms with van der Waals surface area (Å²) in [5.41, 5.74) is 0.775. The molecule has 1 N–H and O–H groups in total. The van der Waals surface area contributed by atoms with Gasteiger partial charge in [-0.2, -0.15) is 4.57 Å². The van der Waals surface area contributed by atoms with Crippen LogP contribution in [0.15, 0.2) is 52.5 Å². The van der Waals surface area contributed by atoms with E-state index in [-0.39, 0.29) is 17.0 Å². The first-order valence-electron chi connectivity index (χ1n) is 7.50. The fourth-order valence-corrected chi connectivity index (χ4v) is 3.72. The smallest absolute Gasteiger partial charge is 0.346 e. The van der Waals surface area contributed by atoms with Gasteiger partial charge in [-0.1, -0.05) is 32.0 Å². The second-order valence-electron chi connectivity index (χ2n) is 6.60. The highest BCUT2D eigenvalue weighted by Gasteiger charge is 2.35. The zero-order valence-electron chi connectivity index (χ0n) is 13.5. The zero-order chi connectivity index (χ0) is 16.6. The molecule has 0 amide bonds. The third-order valence-electron chi connectivity index (χ3n) is 3.76. The van der Waals surface area contributed by atoms with E-state index in [1.807, 2.05) is 62.1 Å². The number of nitrogens with zero attached hydrogens (tertiary/aromatic N) is 3. The van der Waals surface area contributed by atoms with E-state index in [0.29, 0.717) is 22.9 Å². The van der Waals surface area contributed by atoms with Crippen LogP contribution >= 0.6 is 11.8 Å². The van der Waals surface area contributed by atoms with Crippen molar-refractivity contribution < 1.29 is 14.5 Å². The summed E-state index contributed by atoms with van der Waals surface area (Å²) in [4.78, 5) is 12.8. The molecule has 0 saturated carbocycles. The Morgan fingerprint density at radius 3 is 2.61 bits per heavy atom. The van der Waals surface area contributed by atoms with Gasteiger partial charge in [0.05, 0.1) is 17.1 Å². The van der Waals surface area contributed by atoms with Crippen molar-refractivity contribution in [3.05, 3.63) is 47.3 Å². The number of hydrogen-bond donors (Lipinski definition) is 1. The highest BCUT2D eigenvalue weighted by molar-refractivity contribution is 8.03. The summed E-state index contributed by atoms with van der Waals surface area (Å²) in [6.07, 6.45) is 2.81. The van der Waals surface area contributed by atoms with Gasteiger partial charge in [0.25, 0.3) is 0 Å². The van der Waals surface area contributed by atoms with Crippen LogP contribution in [0.1, 0.15) is 26.7 Å². The van der Waals surface area contributed by atoms with E-state index in [1.54, 1.807) is 4.68 Å². The largest absolute Gasteiger partial charge is 0.511 e. The van der Waals surface area contributed by atoms with Crippen molar-refractivity contribution in [1.82, 2.24) is 9.78 Å². The van der Waals surface area contributed by atoms with E-state index < -0.39 is 0 Å². The molecule has 3 rings (SSSR count). The molecule has 0 fully saturated rings. The van der Waals surface area contributed by atoms with Gasteiger partial charge in [-0.05, 0) is 29.3 Å². The molecule has 2 aromatic rings. The molecule has 0 aliphatic heterocycles. The maximum atomic E-state index is 12.4. The van der Waals surface area contributed by atoms with Gasteiger partial charge in [0.15, 0.2) is 5.78 Å². The molecule has 0 saturated heterocycles. The Morgan fingerprint density at radius 2 is 1.96 bits per heavy atom. The summed E-state index contributed by atoms with van der Waals surface area (Å²) < 4.78 is 3.61. The molecule has 1 aromatic carbocycles. The predicted molar refractivity (Wildman–Crippen MR) is 88.3 cm³/mol. The number of ketones is 1. The average molecular weight is 330 g/mol. The first kappa shape index (κ1) is 15.8. The van der Waals surface area contributed by atoms with E-state index in [2.05, 4.69) is 5.10 Å². The zero-order valence-corrected chi connectivity index (χ0v) is 14.3. The number of aromatic nitrogens is 3. The number of rotatable bonds is 3. The van der Waals surface area contributed by atoms with Crippen molar-refractivity contribution in [3.63, 3.8) is 0 Å². The number of aliphatic hydroxyl groups is 1. The topological polar surface area (TPSA) is 59.0 Å². The van der Waals surface area contributed by atoms with Crippen LogP contribution in [0, 0.1) is 5.41 Å². The molecular weight excluding hydrogens is 310 g/mol. The van der Waals surface area contributed by atoms with Gasteiger partial charge in [-0.15, -0.1) is 4.68 Å². The average Bonchev–Trinajstić information content (AvgIpc) is 2.84. The van der Waals surface area contributed by atoms with Gasteiger partial charge in [0, 0.05) is 12.8 Å². The fourth-order valence-electron chi connectivity index (χ4n) is 2.74. The molecule has 0 spiro atoms. The van der Waals surface area contributed by atoms with Crippen LogP contribution in [0.3, 0.4) is 0 Å². The highest BCUT2D eigenvalue weighted by atomic mass is 32.2. The normalized spacial score (nSPS) is 17.6. The minimum atomic E-state index is -0.190. The molecule has 0 atom stereocenters. The summed E-state index contributed by atoms with van der Waals surface area (Å²) in [7, 11) is 1.84. The molecule has 1 heterocycles. The maximum absolute atomic E-state index is 12.4. The SMILES string of the molecule is Cn1c[n+](-c2ccccc2)c(SC2=C(O)CC(C)(C)CC2=O)n1. The number of Topliss-reactive ketones (excluding diaryl/α,β-unsaturated/α-hetero) is 1. The van der Waals surface area contributed by atoms with Crippen molar-refractivity contribution in [2.24, 2.45) is 12.5 Å². The number of thioether (sulfide) groups is 1. The third kappa shape index (κ3) is 3.32. The number of aliphatic hydroxyl groups excluding tert-OH is 1. The molecular formula is C17H20N3O2S+. The number of carbonyl (C=O) groups excluding carboxylic acids is 1. The monoisotopic (exact) mass is 330 g/mol. The lowest BCUT2D eigenvalue weighted by Crippen LogP contribution is -2.31. The molecule has 120 valence electrons. The summed E-state index contributed by atoms with van der Waals surface area (Å²) in [6.45, 7) is 3.99. The highest BCUT2D eigenvalue weighted by Crippen LogP contribution is 2.40. The van der Waals surface area contributed by atoms with E-state index in [1.165, 1.54) is 11.8 Å². The molecule has 6 heteroatoms. The second-order valence-corrected chi connectivity index (χ2v) is 7.57. The van der Waals surface area contributed by atoms with Crippen molar-refractivity contribution in [2.45, 2.75) is 31.8 Å². The number of carbonyl (C=O) groups is 1. The first-order valence-corrected chi connectivity index (χ1v) is 8.31. The van der Waals surface area contributed by atoms with Crippen LogP contribution in [0.4, 0.5) is 0 Å². The van der Waals surface area contributed by atoms with Gasteiger partial charge >= 0.3 is 5.16 Å². The van der Waals surface area contributed by atoms with Crippen LogP contribution < -0.4 is 4.57 Å². The number of hydrogen-bond acceptors (Lipinski definition) is 4. The van der Waals surface area contributed by atoms with Crippen LogP contribution in [-0.4, -0.2) is 20.7 Å². The van der Waals surface area contributed by atoms with Gasteiger partial charge in [-0.25, -0.2) is 0 Å². The molecule has 1 aliphatic carbocycles. The van der Waals surface area contributed by atoms with Crippen LogP contribution in [0.5, 0.6) is 0 Å². The summed E-state index contributed by atoms with van der Waals surface area (Å²) in [6, 6.07) is 9.81. The minimum Gasteiger partial charge on any atom is -0.511 e. The van der Waals surface area contributed by atoms with Crippen LogP contribution in [0.25, 0.3) is 5.69 Å². The molecule has 0 unspecified atom stereocenters. The third-order valence-corrected chi connectivity index (χ3v) is 4.89. The van der Waals surface area contributed by atoms with Gasteiger partial charge < -0.3 is 5.11 Å². The number of allylic oxidation sites excluding steroid dienone is 2. The molecule has 1 aromatic heterocycles. The summed E-state index contributed by atoms with van der Waals surface area (Å²) in [5, 5.41) is 15.4. The molecule has 23 heavy (non-hydrogen) atoms. The second kappa shape index (κ2) is 5.85. The lowest BCUT2D eigenvalue weighted by molar-refractivity contribution is -0.636. The lowest BCUT2D eigenvalue weighted by atomic mass is 9.79. The van der Waals surface area contributed by atoms with Crippen molar-refractivity contribution >= 4 is 17.5 Å². The van der Waals surface area contributed by atoms with Gasteiger partial charge in [-0.3, -0.25) is 4.79 Å². The lowest BCUT2D eigenvalue weighted by Gasteiger charge is -2.28. The van der Waals surface area contributed by atoms with E-state index >= 15 is 0 Å².